The van der Waals surface area contributed by atoms with E-state index >= 15 is 0 Å². The quantitative estimate of drug-likeness (QED) is 0.127. The minimum Gasteiger partial charge on any atom is 0 e. The summed E-state index contributed by atoms with van der Waals surface area (Å²) in [5.41, 5.74) is 7.83. The first-order valence-corrected chi connectivity index (χ1v) is 25.9. The molecule has 0 bridgehead atoms. The van der Waals surface area contributed by atoms with Crippen molar-refractivity contribution in [1.29, 1.82) is 0 Å². The Kier molecular flexibility index (Phi) is 9.26. The van der Waals surface area contributed by atoms with Crippen molar-refractivity contribution in [1.82, 2.24) is 19.5 Å². The van der Waals surface area contributed by atoms with Crippen molar-refractivity contribution in [3.8, 4) is 28.3 Å². The van der Waals surface area contributed by atoms with Gasteiger partial charge in [0.1, 0.15) is 0 Å². The number of aryl methyl sites for hydroxylation is 2. The fourth-order valence-corrected chi connectivity index (χ4v) is 9.94. The van der Waals surface area contributed by atoms with E-state index in [4.69, 9.17) is 16.3 Å². The number of nitrogens with zero attached hydrogens (tertiary/aromatic N) is 4. The summed E-state index contributed by atoms with van der Waals surface area (Å²) in [4.78, 5) is 14.2. The summed E-state index contributed by atoms with van der Waals surface area (Å²) >= 11 is -2.36. The van der Waals surface area contributed by atoms with Gasteiger partial charge in [-0.25, -0.2) is 4.98 Å². The number of hydrogen-bond acceptors (Lipinski definition) is 4. The van der Waals surface area contributed by atoms with E-state index in [1.54, 1.807) is 12.1 Å². The van der Waals surface area contributed by atoms with Gasteiger partial charge in [-0.05, 0) is 42.6 Å². The van der Waals surface area contributed by atoms with Crippen molar-refractivity contribution in [2.75, 3.05) is 0 Å². The molecule has 283 valence electrons. The van der Waals surface area contributed by atoms with Crippen LogP contribution in [0.15, 0.2) is 126 Å². The molecule has 1 radical (unpaired) electrons. The van der Waals surface area contributed by atoms with Crippen molar-refractivity contribution in [2.45, 2.75) is 58.2 Å². The predicted molar refractivity (Wildman–Crippen MR) is 232 cm³/mol. The Balaban J connectivity index is 0.000000186. The van der Waals surface area contributed by atoms with Gasteiger partial charge in [0.2, 0.25) is 5.71 Å². The molecule has 0 aliphatic carbocycles. The van der Waals surface area contributed by atoms with Crippen molar-refractivity contribution in [3.63, 3.8) is 0 Å². The number of imidazole rings is 1. The first-order valence-electron chi connectivity index (χ1n) is 21.0. The van der Waals surface area contributed by atoms with E-state index in [0.29, 0.717) is 22.5 Å². The molecule has 0 atom stereocenters. The van der Waals surface area contributed by atoms with Crippen molar-refractivity contribution in [2.24, 2.45) is 5.41 Å². The molecule has 0 aliphatic rings. The third kappa shape index (κ3) is 7.88. The summed E-state index contributed by atoms with van der Waals surface area (Å²) in [6, 6.07) is 44.1. The molecule has 4 aromatic heterocycles. The molecule has 0 spiro atoms. The Bertz CT molecular complexity index is 3050. The maximum absolute atomic E-state index is 8.80. The molecule has 0 amide bonds. The van der Waals surface area contributed by atoms with Gasteiger partial charge in [-0.1, -0.05) is 59.5 Å². The maximum atomic E-state index is 8.80. The maximum Gasteiger partial charge on any atom is 0 e. The number of fused-ring (bicyclic) bond motifs is 5. The van der Waals surface area contributed by atoms with Crippen LogP contribution in [0.5, 0.6) is 0 Å². The van der Waals surface area contributed by atoms with Crippen LogP contribution < -0.4 is 4.40 Å². The zero-order valence-electron chi connectivity index (χ0n) is 37.6. The molecule has 0 aliphatic heterocycles. The van der Waals surface area contributed by atoms with Crippen LogP contribution in [-0.2, 0) is 26.5 Å². The summed E-state index contributed by atoms with van der Waals surface area (Å²) < 4.78 is 49.6. The van der Waals surface area contributed by atoms with Crippen LogP contribution in [0.4, 0.5) is 0 Å². The largest absolute Gasteiger partial charge is 0 e. The fourth-order valence-electron chi connectivity index (χ4n) is 7.01. The minimum atomic E-state index is -2.36. The average molecular weight is 977 g/mol. The van der Waals surface area contributed by atoms with Gasteiger partial charge in [0.05, 0.1) is 22.4 Å². The topological polar surface area (TPSA) is 56.7 Å². The summed E-state index contributed by atoms with van der Waals surface area (Å²) in [5.74, 6) is 7.50. The number of rotatable bonds is 5. The molecule has 0 saturated carbocycles. The second-order valence-electron chi connectivity index (χ2n) is 16.0. The Labute approximate surface area is 353 Å². The van der Waals surface area contributed by atoms with Crippen LogP contribution in [-0.4, -0.2) is 32.8 Å². The number of benzene rings is 5. The van der Waals surface area contributed by atoms with Crippen LogP contribution in [0.2, 0.25) is 17.3 Å². The van der Waals surface area contributed by atoms with Crippen molar-refractivity contribution in [3.05, 3.63) is 150 Å². The Hall–Kier alpha value is -4.88. The zero-order chi connectivity index (χ0) is 42.8. The second kappa shape index (κ2) is 15.6. The molecular formula is C49H46GeIrN4O-2. The summed E-state index contributed by atoms with van der Waals surface area (Å²) in [5, 5.41) is 4.37. The zero-order valence-corrected chi connectivity index (χ0v) is 37.1. The Morgan fingerprint density at radius 2 is 1.62 bits per heavy atom. The summed E-state index contributed by atoms with van der Waals surface area (Å²) in [7, 11) is 0. The third-order valence-electron chi connectivity index (χ3n) is 9.54. The fraction of sp³-hybridized carbons (Fsp3) is 0.204. The average Bonchev–Trinajstić information content (AvgIpc) is 3.78. The first kappa shape index (κ1) is 33.3. The van der Waals surface area contributed by atoms with Crippen LogP contribution in [0, 0.1) is 31.3 Å². The summed E-state index contributed by atoms with van der Waals surface area (Å²) in [6.07, 6.45) is 0.303. The first-order chi connectivity index (χ1) is 28.3. The van der Waals surface area contributed by atoms with Crippen LogP contribution >= 0.6 is 0 Å². The molecule has 5 aromatic carbocycles. The van der Waals surface area contributed by atoms with Gasteiger partial charge in [0.15, 0.2) is 0 Å². The number of aromatic nitrogens is 4. The van der Waals surface area contributed by atoms with Gasteiger partial charge in [-0.3, -0.25) is 4.98 Å². The van der Waals surface area contributed by atoms with E-state index in [0.717, 1.165) is 54.6 Å². The Morgan fingerprint density at radius 3 is 2.39 bits per heavy atom. The molecule has 9 rings (SSSR count). The molecule has 0 fully saturated rings. The van der Waals surface area contributed by atoms with E-state index < -0.39 is 31.9 Å². The molecule has 0 N–H and O–H groups in total. The van der Waals surface area contributed by atoms with Gasteiger partial charge in [0.25, 0.3) is 0 Å². The summed E-state index contributed by atoms with van der Waals surface area (Å²) in [6.45, 7) is 5.53. The smallest absolute Gasteiger partial charge is 0 e. The normalized spacial score (nSPS) is 13.7. The molecule has 56 heavy (non-hydrogen) atoms. The molecule has 0 unspecified atom stereocenters. The van der Waals surface area contributed by atoms with E-state index in [2.05, 4.69) is 98.5 Å². The SMILES string of the molecule is Cc1ccc2c(n1)oc1c(-c3nc4ccccc4n3-c3cccc4ccccc34)[c-]ccc12.[2H]C([2H])([2H])c1c[c-]c(-c2cc(C([2H])([2H])C(C)(C)C)[c]([Ge]([CH3])([CH3])[CH3])cn2)cc1.[Ir]. The van der Waals surface area contributed by atoms with Gasteiger partial charge >= 0.3 is 145 Å². The molecule has 5 nitrogen and oxygen atoms in total. The van der Waals surface area contributed by atoms with Gasteiger partial charge in [0, 0.05) is 42.3 Å². The number of hydrogen-bond donors (Lipinski definition) is 0. The van der Waals surface area contributed by atoms with Crippen LogP contribution in [0.3, 0.4) is 0 Å². The molecule has 0 saturated heterocycles. The molecular weight excluding hydrogens is 925 g/mol. The second-order valence-corrected chi connectivity index (χ2v) is 26.6. The predicted octanol–water partition coefficient (Wildman–Crippen LogP) is 12.2. The van der Waals surface area contributed by atoms with E-state index in [9.17, 15) is 0 Å². The number of pyridine rings is 2. The molecule has 7 heteroatoms. The van der Waals surface area contributed by atoms with Crippen LogP contribution in [0.25, 0.3) is 72.2 Å². The van der Waals surface area contributed by atoms with Gasteiger partial charge in [-0.15, -0.1) is 18.2 Å². The van der Waals surface area contributed by atoms with E-state index in [1.165, 1.54) is 16.8 Å². The van der Waals surface area contributed by atoms with E-state index in [-0.39, 0.29) is 25.7 Å². The molecule has 9 aromatic rings. The van der Waals surface area contributed by atoms with E-state index in [1.807, 2.05) is 76.4 Å². The van der Waals surface area contributed by atoms with Crippen molar-refractivity contribution < 1.29 is 31.4 Å². The Morgan fingerprint density at radius 1 is 0.839 bits per heavy atom. The molecule has 4 heterocycles. The third-order valence-corrected chi connectivity index (χ3v) is 13.8. The minimum absolute atomic E-state index is 0. The van der Waals surface area contributed by atoms with Crippen LogP contribution in [0.1, 0.15) is 44.4 Å². The number of para-hydroxylation sites is 2. The standard InChI is InChI=1S/C29H18N3O.C20H28GeN.Ir/c1-18-16-17-22-21-11-7-12-23(27(21)33-29(22)30-18)28-31-24-13-4-5-14-26(24)32(28)25-15-6-9-19-8-2-3-10-20(19)25;1-15-8-10-16(11-9-15)19-12-17(13-20(2,3)4)18(14-22-19)21(5,6)7;/h2-11,13-17H,1H3;8-10,12,14H,13H2,1-7H3;/q2*-1;/i;1D3,13D2;. The monoisotopic (exact) mass is 978 g/mol. The van der Waals surface area contributed by atoms with Gasteiger partial charge < -0.3 is 8.98 Å². The van der Waals surface area contributed by atoms with Gasteiger partial charge in [-0.2, -0.15) is 0 Å². The van der Waals surface area contributed by atoms with Crippen molar-refractivity contribution >= 4 is 61.5 Å². The number of furan rings is 1.